The van der Waals surface area contributed by atoms with Crippen LogP contribution in [0, 0.1) is 0 Å². The Morgan fingerprint density at radius 1 is 1.29 bits per heavy atom. The minimum absolute atomic E-state index is 0.305. The van der Waals surface area contributed by atoms with Crippen molar-refractivity contribution in [3.8, 4) is 5.75 Å². The van der Waals surface area contributed by atoms with Gasteiger partial charge in [-0.25, -0.2) is 0 Å². The van der Waals surface area contributed by atoms with E-state index in [1.165, 1.54) is 0 Å². The quantitative estimate of drug-likeness (QED) is 0.887. The number of likely N-dealkylation sites (tertiary alicyclic amines) is 1. The third-order valence-corrected chi connectivity index (χ3v) is 4.16. The number of nitrogens with zero attached hydrogens (tertiary/aromatic N) is 1. The number of aliphatic hydroxyl groups is 1. The molecule has 1 aliphatic heterocycles. The highest BCUT2D eigenvalue weighted by molar-refractivity contribution is 5.27. The maximum absolute atomic E-state index is 10.2. The number of furan rings is 1. The molecule has 0 saturated carbocycles. The van der Waals surface area contributed by atoms with E-state index in [4.69, 9.17) is 4.42 Å². The van der Waals surface area contributed by atoms with Crippen LogP contribution in [0.3, 0.4) is 0 Å². The molecule has 0 spiro atoms. The SMILES string of the molecule is Oc1cccc(CN2CCCC2CC(O)c2ccco2)c1. The normalized spacial score (nSPS) is 20.7. The van der Waals surface area contributed by atoms with Gasteiger partial charge in [-0.05, 0) is 55.6 Å². The molecule has 1 aromatic carbocycles. The third kappa shape index (κ3) is 3.46. The summed E-state index contributed by atoms with van der Waals surface area (Å²) in [5.41, 5.74) is 1.11. The maximum Gasteiger partial charge on any atom is 0.132 e. The van der Waals surface area contributed by atoms with Crippen molar-refractivity contribution < 1.29 is 14.6 Å². The Bertz CT molecular complexity index is 567. The minimum atomic E-state index is -0.547. The van der Waals surface area contributed by atoms with Gasteiger partial charge in [-0.1, -0.05) is 12.1 Å². The molecule has 3 rings (SSSR count). The summed E-state index contributed by atoms with van der Waals surface area (Å²) in [6.45, 7) is 1.84. The first-order valence-corrected chi connectivity index (χ1v) is 7.46. The molecule has 4 nitrogen and oxygen atoms in total. The first-order chi connectivity index (χ1) is 10.2. The summed E-state index contributed by atoms with van der Waals surface area (Å²) in [5.74, 6) is 0.943. The van der Waals surface area contributed by atoms with Gasteiger partial charge in [0.15, 0.2) is 0 Å². The van der Waals surface area contributed by atoms with E-state index in [-0.39, 0.29) is 0 Å². The molecule has 0 bridgehead atoms. The molecule has 2 heterocycles. The minimum Gasteiger partial charge on any atom is -0.508 e. The molecule has 2 atom stereocenters. The Hall–Kier alpha value is -1.78. The van der Waals surface area contributed by atoms with E-state index in [0.29, 0.717) is 24.0 Å². The van der Waals surface area contributed by atoms with Gasteiger partial charge in [0, 0.05) is 12.6 Å². The van der Waals surface area contributed by atoms with E-state index < -0.39 is 6.10 Å². The van der Waals surface area contributed by atoms with Crippen LogP contribution in [0.25, 0.3) is 0 Å². The number of aliphatic hydroxyl groups excluding tert-OH is 1. The second-order valence-corrected chi connectivity index (χ2v) is 5.70. The van der Waals surface area contributed by atoms with Crippen molar-refractivity contribution in [2.24, 2.45) is 0 Å². The smallest absolute Gasteiger partial charge is 0.132 e. The zero-order chi connectivity index (χ0) is 14.7. The zero-order valence-electron chi connectivity index (χ0n) is 12.0. The zero-order valence-corrected chi connectivity index (χ0v) is 12.0. The molecular formula is C17H21NO3. The number of aromatic hydroxyl groups is 1. The molecule has 4 heteroatoms. The summed E-state index contributed by atoms with van der Waals surface area (Å²) in [4.78, 5) is 2.38. The summed E-state index contributed by atoms with van der Waals surface area (Å²) in [6.07, 6.45) is 3.98. The standard InChI is InChI=1S/C17H21NO3/c19-15-6-1-4-13(10-15)12-18-8-2-5-14(18)11-16(20)17-7-3-9-21-17/h1,3-4,6-7,9-10,14,16,19-20H,2,5,8,11-12H2. The monoisotopic (exact) mass is 287 g/mol. The number of benzene rings is 1. The Labute approximate surface area is 124 Å². The highest BCUT2D eigenvalue weighted by Gasteiger charge is 2.27. The highest BCUT2D eigenvalue weighted by atomic mass is 16.4. The molecule has 1 aromatic heterocycles. The fourth-order valence-electron chi connectivity index (χ4n) is 3.11. The molecule has 2 N–H and O–H groups in total. The van der Waals surface area contributed by atoms with E-state index >= 15 is 0 Å². The van der Waals surface area contributed by atoms with Gasteiger partial charge in [-0.15, -0.1) is 0 Å². The van der Waals surface area contributed by atoms with Crippen molar-refractivity contribution in [3.63, 3.8) is 0 Å². The second-order valence-electron chi connectivity index (χ2n) is 5.70. The van der Waals surface area contributed by atoms with E-state index in [9.17, 15) is 10.2 Å². The van der Waals surface area contributed by atoms with Crippen molar-refractivity contribution in [1.82, 2.24) is 4.90 Å². The first kappa shape index (κ1) is 14.2. The number of hydrogen-bond acceptors (Lipinski definition) is 4. The van der Waals surface area contributed by atoms with Crippen LogP contribution in [0.2, 0.25) is 0 Å². The average molecular weight is 287 g/mol. The highest BCUT2D eigenvalue weighted by Crippen LogP contribution is 2.29. The topological polar surface area (TPSA) is 56.8 Å². The predicted octanol–water partition coefficient (Wildman–Crippen LogP) is 3.07. The second kappa shape index (κ2) is 6.33. The molecule has 0 radical (unpaired) electrons. The van der Waals surface area contributed by atoms with Crippen LogP contribution in [0.5, 0.6) is 5.75 Å². The van der Waals surface area contributed by atoms with Crippen molar-refractivity contribution >= 4 is 0 Å². The molecule has 21 heavy (non-hydrogen) atoms. The number of hydrogen-bond donors (Lipinski definition) is 2. The fraction of sp³-hybridized carbons (Fsp3) is 0.412. The maximum atomic E-state index is 10.2. The molecule has 0 aliphatic carbocycles. The number of phenolic OH excluding ortho intramolecular Hbond substituents is 1. The van der Waals surface area contributed by atoms with Gasteiger partial charge in [0.2, 0.25) is 0 Å². The van der Waals surface area contributed by atoms with Crippen LogP contribution in [0.15, 0.2) is 47.1 Å². The lowest BCUT2D eigenvalue weighted by Gasteiger charge is -2.26. The predicted molar refractivity (Wildman–Crippen MR) is 79.8 cm³/mol. The van der Waals surface area contributed by atoms with Crippen LogP contribution in [0.1, 0.15) is 36.7 Å². The first-order valence-electron chi connectivity index (χ1n) is 7.46. The Balaban J connectivity index is 1.63. The van der Waals surface area contributed by atoms with E-state index in [1.807, 2.05) is 18.2 Å². The Kier molecular flexibility index (Phi) is 4.27. The largest absolute Gasteiger partial charge is 0.508 e. The van der Waals surface area contributed by atoms with Crippen LogP contribution < -0.4 is 0 Å². The number of phenols is 1. The molecule has 112 valence electrons. The van der Waals surface area contributed by atoms with Crippen molar-refractivity contribution in [3.05, 3.63) is 54.0 Å². The fourth-order valence-corrected chi connectivity index (χ4v) is 3.11. The lowest BCUT2D eigenvalue weighted by atomic mass is 10.0. The third-order valence-electron chi connectivity index (χ3n) is 4.16. The van der Waals surface area contributed by atoms with Crippen LogP contribution in [-0.2, 0) is 6.54 Å². The van der Waals surface area contributed by atoms with Crippen LogP contribution >= 0.6 is 0 Å². The Morgan fingerprint density at radius 3 is 2.95 bits per heavy atom. The Morgan fingerprint density at radius 2 is 2.19 bits per heavy atom. The van der Waals surface area contributed by atoms with Gasteiger partial charge in [0.1, 0.15) is 17.6 Å². The van der Waals surface area contributed by atoms with Gasteiger partial charge < -0.3 is 14.6 Å². The average Bonchev–Trinajstić information content (AvgIpc) is 3.11. The van der Waals surface area contributed by atoms with Crippen LogP contribution in [-0.4, -0.2) is 27.7 Å². The van der Waals surface area contributed by atoms with Gasteiger partial charge in [-0.2, -0.15) is 0 Å². The molecule has 0 amide bonds. The lowest BCUT2D eigenvalue weighted by Crippen LogP contribution is -2.30. The van der Waals surface area contributed by atoms with Gasteiger partial charge in [0.05, 0.1) is 6.26 Å². The van der Waals surface area contributed by atoms with Gasteiger partial charge in [-0.3, -0.25) is 4.90 Å². The van der Waals surface area contributed by atoms with E-state index in [1.54, 1.807) is 24.5 Å². The van der Waals surface area contributed by atoms with Crippen molar-refractivity contribution in [2.75, 3.05) is 6.54 Å². The molecule has 1 saturated heterocycles. The summed E-state index contributed by atoms with van der Waals surface area (Å²) in [7, 11) is 0. The summed E-state index contributed by atoms with van der Waals surface area (Å²) < 4.78 is 5.27. The van der Waals surface area contributed by atoms with Gasteiger partial charge in [0.25, 0.3) is 0 Å². The summed E-state index contributed by atoms with van der Waals surface area (Å²) >= 11 is 0. The van der Waals surface area contributed by atoms with E-state index in [2.05, 4.69) is 4.90 Å². The summed E-state index contributed by atoms with van der Waals surface area (Å²) in [6, 6.07) is 11.4. The van der Waals surface area contributed by atoms with Crippen LogP contribution in [0.4, 0.5) is 0 Å². The molecule has 2 aromatic rings. The molecule has 1 aliphatic rings. The lowest BCUT2D eigenvalue weighted by molar-refractivity contribution is 0.0995. The van der Waals surface area contributed by atoms with E-state index in [0.717, 1.165) is 31.5 Å². The molecular weight excluding hydrogens is 266 g/mol. The molecule has 1 fully saturated rings. The van der Waals surface area contributed by atoms with Crippen molar-refractivity contribution in [1.29, 1.82) is 0 Å². The van der Waals surface area contributed by atoms with Crippen molar-refractivity contribution in [2.45, 2.75) is 38.0 Å². The summed E-state index contributed by atoms with van der Waals surface area (Å²) in [5, 5.41) is 19.8. The van der Waals surface area contributed by atoms with Gasteiger partial charge >= 0.3 is 0 Å². The number of rotatable bonds is 5. The molecule has 2 unspecified atom stereocenters.